The summed E-state index contributed by atoms with van der Waals surface area (Å²) in [4.78, 5) is 71.9. The molecule has 3 fully saturated rings. The Bertz CT molecular complexity index is 1750. The van der Waals surface area contributed by atoms with Crippen LogP contribution in [0.2, 0.25) is 0 Å². The predicted molar refractivity (Wildman–Crippen MR) is 248 cm³/mol. The summed E-state index contributed by atoms with van der Waals surface area (Å²) < 4.78 is 29.7. The molecule has 3 heterocycles. The minimum Gasteiger partial charge on any atom is -0.460 e. The summed E-state index contributed by atoms with van der Waals surface area (Å²) >= 11 is 0. The van der Waals surface area contributed by atoms with Crippen molar-refractivity contribution in [3.05, 3.63) is 47.6 Å². The maximum absolute atomic E-state index is 14.4. The number of amides is 1. The summed E-state index contributed by atoms with van der Waals surface area (Å²) in [6.07, 6.45) is 13.7. The molecule has 2 saturated heterocycles. The number of nitrogens with zero attached hydrogens (tertiary/aromatic N) is 1. The van der Waals surface area contributed by atoms with Crippen molar-refractivity contribution in [3.8, 4) is 0 Å². The van der Waals surface area contributed by atoms with Crippen LogP contribution in [-0.4, -0.2) is 121 Å². The van der Waals surface area contributed by atoms with Crippen molar-refractivity contribution in [1.82, 2.24) is 4.90 Å². The molecule has 2 N–H and O–H groups in total. The zero-order valence-electron chi connectivity index (χ0n) is 41.2. The highest BCUT2D eigenvalue weighted by Crippen LogP contribution is 2.38. The molecule has 2 bridgehead atoms. The van der Waals surface area contributed by atoms with Gasteiger partial charge in [-0.2, -0.15) is 0 Å². The molecule has 3 aliphatic heterocycles. The number of esters is 1. The molecule has 4 aliphatic rings. The van der Waals surface area contributed by atoms with E-state index in [1.807, 2.05) is 58.1 Å². The summed E-state index contributed by atoms with van der Waals surface area (Å²) in [5.74, 6) is -7.06. The number of carbonyl (C=O) groups is 5. The van der Waals surface area contributed by atoms with Crippen LogP contribution in [0.4, 0.5) is 0 Å². The molecule has 2 unspecified atom stereocenters. The van der Waals surface area contributed by atoms with E-state index in [0.717, 1.165) is 24.8 Å². The van der Waals surface area contributed by atoms with Gasteiger partial charge < -0.3 is 38.8 Å². The minimum atomic E-state index is -2.41. The second-order valence-electron chi connectivity index (χ2n) is 20.0. The smallest absolute Gasteiger partial charge is 0.329 e. The van der Waals surface area contributed by atoms with Gasteiger partial charge in [-0.05, 0) is 113 Å². The Morgan fingerprint density at radius 1 is 0.862 bits per heavy atom. The van der Waals surface area contributed by atoms with Crippen LogP contribution >= 0.6 is 0 Å². The number of Topliss-reactive ketones (excluding diaryl/α,β-unsaturated/α-hetero) is 3. The van der Waals surface area contributed by atoms with Gasteiger partial charge in [0, 0.05) is 58.5 Å². The number of rotatable bonds is 6. The number of ketones is 3. The van der Waals surface area contributed by atoms with Crippen LogP contribution in [0.25, 0.3) is 0 Å². The Hall–Kier alpha value is -3.33. The van der Waals surface area contributed by atoms with Gasteiger partial charge in [0.25, 0.3) is 11.7 Å². The molecule has 65 heavy (non-hydrogen) atoms. The molecule has 366 valence electrons. The van der Waals surface area contributed by atoms with Gasteiger partial charge in [0.15, 0.2) is 11.6 Å². The number of ether oxygens (including phenoxy) is 5. The molecule has 1 saturated carbocycles. The molecule has 13 nitrogen and oxygen atoms in total. The van der Waals surface area contributed by atoms with Gasteiger partial charge in [0.2, 0.25) is 5.79 Å². The van der Waals surface area contributed by atoms with Crippen LogP contribution in [0.15, 0.2) is 47.6 Å². The van der Waals surface area contributed by atoms with Gasteiger partial charge in [0.05, 0.1) is 24.4 Å². The first-order valence-corrected chi connectivity index (χ1v) is 24.2. The van der Waals surface area contributed by atoms with Gasteiger partial charge in [-0.15, -0.1) is 0 Å². The number of piperidine rings is 1. The lowest BCUT2D eigenvalue weighted by atomic mass is 9.76. The molecule has 0 spiro atoms. The van der Waals surface area contributed by atoms with E-state index in [-0.39, 0.29) is 54.8 Å². The fraction of sp³-hybridized carbons (Fsp3) is 0.750. The fourth-order valence-corrected chi connectivity index (χ4v) is 10.4. The molecular formula is C52H81NO12. The SMILES string of the molecule is COC1C[C@H](C[C@@H](C)[C@@H]2CC(=O)C(C)=CC(C)[C@@H](O)[C@@H](OC)C(=O)[C@H](C)C[C@H](C)C=CC=CC=C(C)[C@@H](OC)C[C@@H]3CC[C@@H](C)[C@@](O)(O3)C(=O)C(=O)N3CCCC[C@H]3C(=O)O2)CC[C@@H]1C. The molecule has 15 atom stereocenters. The summed E-state index contributed by atoms with van der Waals surface area (Å²) in [5, 5.41) is 23.4. The van der Waals surface area contributed by atoms with Gasteiger partial charge in [-0.3, -0.25) is 19.2 Å². The lowest BCUT2D eigenvalue weighted by Gasteiger charge is -2.42. The van der Waals surface area contributed by atoms with Crippen LogP contribution in [0.1, 0.15) is 132 Å². The Morgan fingerprint density at radius 3 is 2.26 bits per heavy atom. The highest BCUT2D eigenvalue weighted by Gasteiger charge is 2.53. The predicted octanol–water partition coefficient (Wildman–Crippen LogP) is 7.46. The third-order valence-corrected chi connectivity index (χ3v) is 14.9. The summed E-state index contributed by atoms with van der Waals surface area (Å²) in [6, 6.07) is -1.11. The molecule has 13 heteroatoms. The van der Waals surface area contributed by atoms with E-state index in [4.69, 9.17) is 23.7 Å². The Balaban J connectivity index is 1.70. The van der Waals surface area contributed by atoms with E-state index in [0.29, 0.717) is 56.4 Å². The molecule has 0 radical (unpaired) electrons. The minimum absolute atomic E-state index is 0.0331. The normalized spacial score (nSPS) is 37.8. The monoisotopic (exact) mass is 912 g/mol. The highest BCUT2D eigenvalue weighted by atomic mass is 16.6. The maximum Gasteiger partial charge on any atom is 0.329 e. The largest absolute Gasteiger partial charge is 0.460 e. The van der Waals surface area contributed by atoms with Crippen molar-refractivity contribution in [1.29, 1.82) is 0 Å². The van der Waals surface area contributed by atoms with E-state index in [1.165, 1.54) is 12.0 Å². The van der Waals surface area contributed by atoms with E-state index in [1.54, 1.807) is 41.1 Å². The molecule has 0 aromatic heterocycles. The molecule has 0 aromatic carbocycles. The second kappa shape index (κ2) is 25.2. The second-order valence-corrected chi connectivity index (χ2v) is 20.0. The lowest BCUT2D eigenvalue weighted by molar-refractivity contribution is -0.265. The van der Waals surface area contributed by atoms with Crippen LogP contribution < -0.4 is 0 Å². The molecule has 4 rings (SSSR count). The first kappa shape index (κ1) is 54.3. The first-order valence-electron chi connectivity index (χ1n) is 24.2. The van der Waals surface area contributed by atoms with E-state index >= 15 is 0 Å². The molecule has 1 amide bonds. The van der Waals surface area contributed by atoms with Crippen LogP contribution in [0.5, 0.6) is 0 Å². The van der Waals surface area contributed by atoms with Crippen molar-refractivity contribution < 1.29 is 57.9 Å². The zero-order valence-corrected chi connectivity index (χ0v) is 41.2. The maximum atomic E-state index is 14.4. The van der Waals surface area contributed by atoms with Gasteiger partial charge in [-0.1, -0.05) is 78.0 Å². The topological polar surface area (TPSA) is 175 Å². The molecule has 0 aromatic rings. The summed E-state index contributed by atoms with van der Waals surface area (Å²) in [5.41, 5.74) is 1.23. The summed E-state index contributed by atoms with van der Waals surface area (Å²) in [6.45, 7) is 15.1. The number of allylic oxidation sites excluding steroid dienone is 6. The van der Waals surface area contributed by atoms with E-state index in [2.05, 4.69) is 6.92 Å². The quantitative estimate of drug-likeness (QED) is 0.199. The molecular weight excluding hydrogens is 831 g/mol. The molecule has 1 aliphatic carbocycles. The average Bonchev–Trinajstić information content (AvgIpc) is 3.28. The van der Waals surface area contributed by atoms with Gasteiger partial charge >= 0.3 is 5.97 Å². The zero-order chi connectivity index (χ0) is 48.2. The van der Waals surface area contributed by atoms with Crippen LogP contribution in [0, 0.1) is 41.4 Å². The van der Waals surface area contributed by atoms with Crippen molar-refractivity contribution in [2.45, 2.75) is 181 Å². The standard InChI is InChI=1S/C52H81NO12/c1-31-17-13-12-14-18-32(2)44(62-10)29-40-23-21-38(8)52(60,65-40)49(57)50(58)53-24-16-15-19-41(53)51(59)64-45(35(5)27-39-22-20-33(3)43(28-39)61-9)30-42(54)34(4)26-37(7)47(56)48(63-11)46(55)36(6)25-31/h12-14,17-18,26,31,33,35-41,43-45,47-48,56,60H,15-16,19-25,27-30H2,1-11H3/t31-,33+,35-,36-,37?,38-,39+,40+,41+,43?,44+,45+,47-,48+,52-/m1/s1. The Morgan fingerprint density at radius 2 is 1.58 bits per heavy atom. The average molecular weight is 912 g/mol. The van der Waals surface area contributed by atoms with Crippen molar-refractivity contribution in [3.63, 3.8) is 0 Å². The first-order chi connectivity index (χ1) is 30.7. The van der Waals surface area contributed by atoms with Gasteiger partial charge in [-0.25, -0.2) is 4.79 Å². The number of carbonyl (C=O) groups excluding carboxylic acids is 5. The Kier molecular flexibility index (Phi) is 21.0. The third-order valence-electron chi connectivity index (χ3n) is 14.9. The number of cyclic esters (lactones) is 1. The van der Waals surface area contributed by atoms with Crippen LogP contribution in [0.3, 0.4) is 0 Å². The highest BCUT2D eigenvalue weighted by molar-refractivity contribution is 6.39. The van der Waals surface area contributed by atoms with Crippen molar-refractivity contribution >= 4 is 29.2 Å². The lowest BCUT2D eigenvalue weighted by Crippen LogP contribution is -2.61. The van der Waals surface area contributed by atoms with Crippen molar-refractivity contribution in [2.75, 3.05) is 27.9 Å². The number of aliphatic hydroxyl groups is 2. The Labute approximate surface area is 388 Å². The number of methoxy groups -OCH3 is 3. The van der Waals surface area contributed by atoms with E-state index in [9.17, 15) is 34.2 Å². The summed E-state index contributed by atoms with van der Waals surface area (Å²) in [7, 11) is 4.71. The van der Waals surface area contributed by atoms with E-state index < -0.39 is 77.8 Å². The number of aliphatic hydroxyl groups excluding tert-OH is 1. The number of hydrogen-bond donors (Lipinski definition) is 2. The van der Waals surface area contributed by atoms with Crippen molar-refractivity contribution in [2.24, 2.45) is 41.4 Å². The van der Waals surface area contributed by atoms with Gasteiger partial charge in [0.1, 0.15) is 18.2 Å². The third kappa shape index (κ3) is 14.3. The van der Waals surface area contributed by atoms with Crippen LogP contribution in [-0.2, 0) is 47.7 Å². The fourth-order valence-electron chi connectivity index (χ4n) is 10.4. The number of fused-ring (bicyclic) bond motifs is 3. The number of hydrogen-bond acceptors (Lipinski definition) is 12.